The third-order valence-corrected chi connectivity index (χ3v) is 2.97. The third kappa shape index (κ3) is 2.14. The number of carbonyl (C=O) groups is 1. The largest absolute Gasteiger partial charge is 0.366 e. The molecule has 0 bridgehead atoms. The SMILES string of the molecule is CC(C)(C)c1ccc2[nH]c(=O)cc(C(N)=O)c2c1. The third-order valence-electron chi connectivity index (χ3n) is 2.97. The van der Waals surface area contributed by atoms with Crippen LogP contribution < -0.4 is 11.3 Å². The molecule has 0 saturated carbocycles. The molecule has 0 spiro atoms. The number of rotatable bonds is 1. The summed E-state index contributed by atoms with van der Waals surface area (Å²) in [6, 6.07) is 6.91. The number of fused-ring (bicyclic) bond motifs is 1. The van der Waals surface area contributed by atoms with Crippen LogP contribution in [0.1, 0.15) is 36.7 Å². The van der Waals surface area contributed by atoms with E-state index in [1.807, 2.05) is 18.2 Å². The standard InChI is InChI=1S/C14H16N2O2/c1-14(2,3)8-4-5-11-9(6-8)10(13(15)18)7-12(17)16-11/h4-7H,1-3H3,(H2,15,18)(H,16,17). The molecule has 0 unspecified atom stereocenters. The van der Waals surface area contributed by atoms with Crippen LogP contribution in [-0.2, 0) is 5.41 Å². The van der Waals surface area contributed by atoms with Crippen molar-refractivity contribution in [2.45, 2.75) is 26.2 Å². The van der Waals surface area contributed by atoms with Crippen molar-refractivity contribution < 1.29 is 4.79 Å². The fourth-order valence-electron chi connectivity index (χ4n) is 1.92. The number of primary amides is 1. The van der Waals surface area contributed by atoms with Gasteiger partial charge in [0.2, 0.25) is 11.5 Å². The summed E-state index contributed by atoms with van der Waals surface area (Å²) < 4.78 is 0. The van der Waals surface area contributed by atoms with Crippen molar-refractivity contribution in [1.29, 1.82) is 0 Å². The quantitative estimate of drug-likeness (QED) is 0.804. The lowest BCUT2D eigenvalue weighted by atomic mass is 9.86. The zero-order chi connectivity index (χ0) is 13.5. The number of H-pyrrole nitrogens is 1. The van der Waals surface area contributed by atoms with E-state index in [4.69, 9.17) is 5.73 Å². The molecular weight excluding hydrogens is 228 g/mol. The molecule has 1 heterocycles. The molecule has 0 aliphatic carbocycles. The van der Waals surface area contributed by atoms with Crippen LogP contribution in [0.3, 0.4) is 0 Å². The molecular formula is C14H16N2O2. The molecule has 0 fully saturated rings. The van der Waals surface area contributed by atoms with Gasteiger partial charge in [0.15, 0.2) is 0 Å². The Bertz CT molecular complexity index is 678. The van der Waals surface area contributed by atoms with E-state index in [1.165, 1.54) is 6.07 Å². The van der Waals surface area contributed by atoms with Crippen LogP contribution in [0.25, 0.3) is 10.9 Å². The van der Waals surface area contributed by atoms with Crippen LogP contribution in [0.2, 0.25) is 0 Å². The number of nitrogens with one attached hydrogen (secondary N) is 1. The maximum atomic E-state index is 11.4. The van der Waals surface area contributed by atoms with E-state index in [0.717, 1.165) is 5.56 Å². The summed E-state index contributed by atoms with van der Waals surface area (Å²) in [5.74, 6) is -0.586. The topological polar surface area (TPSA) is 75.9 Å². The van der Waals surface area contributed by atoms with E-state index in [1.54, 1.807) is 0 Å². The molecule has 0 radical (unpaired) electrons. The lowest BCUT2D eigenvalue weighted by molar-refractivity contribution is 0.100. The molecule has 4 heteroatoms. The van der Waals surface area contributed by atoms with Gasteiger partial charge >= 0.3 is 0 Å². The Morgan fingerprint density at radius 3 is 2.44 bits per heavy atom. The second kappa shape index (κ2) is 3.98. The van der Waals surface area contributed by atoms with E-state index in [-0.39, 0.29) is 16.5 Å². The lowest BCUT2D eigenvalue weighted by Crippen LogP contribution is -2.17. The summed E-state index contributed by atoms with van der Waals surface area (Å²) in [6.07, 6.45) is 0. The normalized spacial score (nSPS) is 11.7. The van der Waals surface area contributed by atoms with Crippen molar-refractivity contribution in [3.05, 3.63) is 45.7 Å². The molecule has 94 valence electrons. The number of benzene rings is 1. The Morgan fingerprint density at radius 2 is 1.89 bits per heavy atom. The second-order valence-corrected chi connectivity index (χ2v) is 5.42. The van der Waals surface area contributed by atoms with E-state index < -0.39 is 5.91 Å². The van der Waals surface area contributed by atoms with Gasteiger partial charge in [-0.3, -0.25) is 9.59 Å². The van der Waals surface area contributed by atoms with Crippen molar-refractivity contribution in [3.8, 4) is 0 Å². The molecule has 1 aromatic carbocycles. The minimum absolute atomic E-state index is 0.0285. The number of aromatic amines is 1. The molecule has 4 nitrogen and oxygen atoms in total. The summed E-state index contributed by atoms with van der Waals surface area (Å²) >= 11 is 0. The summed E-state index contributed by atoms with van der Waals surface area (Å²) in [4.78, 5) is 25.5. The highest BCUT2D eigenvalue weighted by Crippen LogP contribution is 2.26. The van der Waals surface area contributed by atoms with Gasteiger partial charge in [-0.25, -0.2) is 0 Å². The van der Waals surface area contributed by atoms with Crippen molar-refractivity contribution in [2.75, 3.05) is 0 Å². The zero-order valence-corrected chi connectivity index (χ0v) is 10.7. The van der Waals surface area contributed by atoms with Gasteiger partial charge in [-0.15, -0.1) is 0 Å². The van der Waals surface area contributed by atoms with Gasteiger partial charge in [-0.05, 0) is 23.1 Å². The number of nitrogens with two attached hydrogens (primary N) is 1. The van der Waals surface area contributed by atoms with E-state index >= 15 is 0 Å². The number of hydrogen-bond acceptors (Lipinski definition) is 2. The first-order valence-electron chi connectivity index (χ1n) is 5.76. The molecule has 18 heavy (non-hydrogen) atoms. The summed E-state index contributed by atoms with van der Waals surface area (Å²) in [6.45, 7) is 6.26. The van der Waals surface area contributed by atoms with Gasteiger partial charge in [0.1, 0.15) is 0 Å². The first-order valence-corrected chi connectivity index (χ1v) is 5.76. The smallest absolute Gasteiger partial charge is 0.249 e. The van der Waals surface area contributed by atoms with Crippen molar-refractivity contribution >= 4 is 16.8 Å². The number of carbonyl (C=O) groups excluding carboxylic acids is 1. The maximum absolute atomic E-state index is 11.4. The number of pyridine rings is 1. The van der Waals surface area contributed by atoms with Gasteiger partial charge in [0, 0.05) is 17.0 Å². The summed E-state index contributed by atoms with van der Waals surface area (Å²) in [5, 5.41) is 0.689. The van der Waals surface area contributed by atoms with Gasteiger partial charge in [0.25, 0.3) is 0 Å². The molecule has 2 aromatic rings. The first kappa shape index (κ1) is 12.4. The number of aromatic nitrogens is 1. The van der Waals surface area contributed by atoms with Gasteiger partial charge in [-0.2, -0.15) is 0 Å². The lowest BCUT2D eigenvalue weighted by Gasteiger charge is -2.19. The molecule has 1 amide bonds. The van der Waals surface area contributed by atoms with Crippen LogP contribution in [0.5, 0.6) is 0 Å². The Labute approximate surface area is 105 Å². The van der Waals surface area contributed by atoms with Crippen LogP contribution in [0.15, 0.2) is 29.1 Å². The minimum Gasteiger partial charge on any atom is -0.366 e. The average molecular weight is 244 g/mol. The van der Waals surface area contributed by atoms with Crippen molar-refractivity contribution in [3.63, 3.8) is 0 Å². The highest BCUT2D eigenvalue weighted by Gasteiger charge is 2.16. The molecule has 0 aliphatic heterocycles. The summed E-state index contributed by atoms with van der Waals surface area (Å²) in [7, 11) is 0. The summed E-state index contributed by atoms with van der Waals surface area (Å²) in [5.41, 5.74) is 6.95. The maximum Gasteiger partial charge on any atom is 0.249 e. The molecule has 3 N–H and O–H groups in total. The molecule has 1 aromatic heterocycles. The fourth-order valence-corrected chi connectivity index (χ4v) is 1.92. The Balaban J connectivity index is 2.83. The average Bonchev–Trinajstić information content (AvgIpc) is 2.25. The van der Waals surface area contributed by atoms with E-state index in [9.17, 15) is 9.59 Å². The predicted octanol–water partition coefficient (Wildman–Crippen LogP) is 1.92. The first-order chi connectivity index (χ1) is 8.29. The molecule has 0 atom stereocenters. The fraction of sp³-hybridized carbons (Fsp3) is 0.286. The zero-order valence-electron chi connectivity index (χ0n) is 10.7. The van der Waals surface area contributed by atoms with Crippen LogP contribution in [0.4, 0.5) is 0 Å². The second-order valence-electron chi connectivity index (χ2n) is 5.42. The number of hydrogen-bond donors (Lipinski definition) is 2. The predicted molar refractivity (Wildman–Crippen MR) is 71.8 cm³/mol. The van der Waals surface area contributed by atoms with Gasteiger partial charge in [-0.1, -0.05) is 26.8 Å². The van der Waals surface area contributed by atoms with Crippen LogP contribution in [-0.4, -0.2) is 10.9 Å². The Kier molecular flexibility index (Phi) is 2.73. The molecule has 0 aliphatic rings. The molecule has 0 saturated heterocycles. The Hall–Kier alpha value is -2.10. The Morgan fingerprint density at radius 1 is 1.22 bits per heavy atom. The number of amides is 1. The van der Waals surface area contributed by atoms with Crippen LogP contribution >= 0.6 is 0 Å². The van der Waals surface area contributed by atoms with Crippen molar-refractivity contribution in [1.82, 2.24) is 4.98 Å². The minimum atomic E-state index is -0.586. The van der Waals surface area contributed by atoms with E-state index in [0.29, 0.717) is 10.9 Å². The highest BCUT2D eigenvalue weighted by molar-refractivity contribution is 6.05. The van der Waals surface area contributed by atoms with Crippen molar-refractivity contribution in [2.24, 2.45) is 5.73 Å². The van der Waals surface area contributed by atoms with Crippen LogP contribution in [0, 0.1) is 0 Å². The van der Waals surface area contributed by atoms with Gasteiger partial charge in [0.05, 0.1) is 5.56 Å². The van der Waals surface area contributed by atoms with E-state index in [2.05, 4.69) is 25.8 Å². The highest BCUT2D eigenvalue weighted by atomic mass is 16.1. The monoisotopic (exact) mass is 244 g/mol. The van der Waals surface area contributed by atoms with Gasteiger partial charge < -0.3 is 10.7 Å². The molecule has 2 rings (SSSR count).